The van der Waals surface area contributed by atoms with Crippen LogP contribution >= 0.6 is 38.5 Å². The van der Waals surface area contributed by atoms with Gasteiger partial charge in [0, 0.05) is 13.6 Å². The van der Waals surface area contributed by atoms with Gasteiger partial charge in [-0.15, -0.1) is 0 Å². The molecule has 0 amide bonds. The molecule has 0 saturated heterocycles. The van der Waals surface area contributed by atoms with Crippen LogP contribution in [0.25, 0.3) is 11.4 Å². The summed E-state index contributed by atoms with van der Waals surface area (Å²) in [7, 11) is 0. The van der Waals surface area contributed by atoms with Crippen LogP contribution in [0.15, 0.2) is 32.0 Å². The van der Waals surface area contributed by atoms with E-state index in [-0.39, 0.29) is 0 Å². The summed E-state index contributed by atoms with van der Waals surface area (Å²) in [6, 6.07) is 5.64. The maximum atomic E-state index is 10.7. The molecule has 4 nitrogen and oxygen atoms in total. The summed E-state index contributed by atoms with van der Waals surface area (Å²) in [6.07, 6.45) is 0. The Morgan fingerprint density at radius 1 is 1.50 bits per heavy atom. The van der Waals surface area contributed by atoms with Crippen molar-refractivity contribution in [2.24, 2.45) is 0 Å². The van der Waals surface area contributed by atoms with Crippen LogP contribution in [0.3, 0.4) is 0 Å². The van der Waals surface area contributed by atoms with Gasteiger partial charge in [0.2, 0.25) is 0 Å². The number of halogens is 2. The number of benzene rings is 1. The Morgan fingerprint density at radius 3 is 2.86 bits per heavy atom. The highest BCUT2D eigenvalue weighted by Crippen LogP contribution is 2.23. The first kappa shape index (κ1) is 9.91. The third-order valence-corrected chi connectivity index (χ3v) is 3.96. The van der Waals surface area contributed by atoms with Crippen molar-refractivity contribution < 1.29 is 4.52 Å². The summed E-state index contributed by atoms with van der Waals surface area (Å²) in [5, 5.41) is 3.60. The second-order valence-electron chi connectivity index (χ2n) is 2.57. The average molecular weight is 367 g/mol. The lowest BCUT2D eigenvalue weighted by Gasteiger charge is -1.98. The molecule has 0 aliphatic rings. The second-order valence-corrected chi connectivity index (χ2v) is 4.59. The first-order chi connectivity index (χ1) is 6.66. The molecule has 2 rings (SSSR count). The van der Waals surface area contributed by atoms with Gasteiger partial charge in [0.05, 0.1) is 0 Å². The number of rotatable bonds is 1. The standard InChI is InChI=1S/C8H4BrIN2O2/c9-5-2-1-4(3-6(5)10)7-11-8(13)14-12-7/h1-3H,(H,11,12,13). The molecule has 72 valence electrons. The van der Waals surface area contributed by atoms with E-state index in [2.05, 4.69) is 53.2 Å². The molecule has 0 radical (unpaired) electrons. The Morgan fingerprint density at radius 2 is 2.29 bits per heavy atom. The van der Waals surface area contributed by atoms with E-state index in [1.54, 1.807) is 0 Å². The van der Waals surface area contributed by atoms with E-state index in [0.29, 0.717) is 5.82 Å². The number of aromatic nitrogens is 2. The van der Waals surface area contributed by atoms with Gasteiger partial charge in [-0.1, -0.05) is 5.16 Å². The zero-order valence-corrected chi connectivity index (χ0v) is 10.5. The van der Waals surface area contributed by atoms with Gasteiger partial charge in [0.25, 0.3) is 0 Å². The topological polar surface area (TPSA) is 58.9 Å². The van der Waals surface area contributed by atoms with Gasteiger partial charge in [-0.3, -0.25) is 9.51 Å². The van der Waals surface area contributed by atoms with E-state index in [9.17, 15) is 4.79 Å². The van der Waals surface area contributed by atoms with Crippen LogP contribution in [0.2, 0.25) is 0 Å². The summed E-state index contributed by atoms with van der Waals surface area (Å²) in [5.74, 6) is -0.0988. The van der Waals surface area contributed by atoms with Crippen LogP contribution in [0, 0.1) is 3.57 Å². The summed E-state index contributed by atoms with van der Waals surface area (Å²) >= 11 is 5.57. The number of nitrogens with zero attached hydrogens (tertiary/aromatic N) is 1. The van der Waals surface area contributed by atoms with Gasteiger partial charge in [0.1, 0.15) is 0 Å². The monoisotopic (exact) mass is 366 g/mol. The molecule has 1 aromatic heterocycles. The SMILES string of the molecule is O=c1[nH]c(-c2ccc(Br)c(I)c2)no1. The molecule has 1 N–H and O–H groups in total. The Kier molecular flexibility index (Phi) is 2.73. The maximum Gasteiger partial charge on any atom is 0.439 e. The number of hydrogen-bond acceptors (Lipinski definition) is 3. The van der Waals surface area contributed by atoms with E-state index < -0.39 is 5.76 Å². The molecule has 0 aliphatic heterocycles. The Hall–Kier alpha value is -0.630. The van der Waals surface area contributed by atoms with Gasteiger partial charge in [0.15, 0.2) is 5.82 Å². The molecular weight excluding hydrogens is 363 g/mol. The number of nitrogens with one attached hydrogen (secondary N) is 1. The summed E-state index contributed by atoms with van der Waals surface area (Å²) in [6.45, 7) is 0. The smallest absolute Gasteiger partial charge is 0.296 e. The number of aromatic amines is 1. The van der Waals surface area contributed by atoms with Crippen LogP contribution < -0.4 is 5.76 Å². The molecule has 0 saturated carbocycles. The van der Waals surface area contributed by atoms with Gasteiger partial charge in [-0.05, 0) is 56.7 Å². The zero-order chi connectivity index (χ0) is 10.1. The second kappa shape index (κ2) is 3.85. The lowest BCUT2D eigenvalue weighted by molar-refractivity contribution is 0.388. The van der Waals surface area contributed by atoms with Crippen LogP contribution in [-0.2, 0) is 0 Å². The minimum Gasteiger partial charge on any atom is -0.296 e. The molecule has 6 heteroatoms. The third-order valence-electron chi connectivity index (χ3n) is 1.63. The molecule has 2 aromatic rings. The quantitative estimate of drug-likeness (QED) is 0.788. The van der Waals surface area contributed by atoms with Crippen LogP contribution in [0.4, 0.5) is 0 Å². The molecule has 0 unspecified atom stereocenters. The largest absolute Gasteiger partial charge is 0.439 e. The molecule has 0 spiro atoms. The molecule has 14 heavy (non-hydrogen) atoms. The molecule has 0 bridgehead atoms. The van der Waals surface area contributed by atoms with Crippen LogP contribution in [0.1, 0.15) is 0 Å². The first-order valence-corrected chi connectivity index (χ1v) is 5.55. The van der Waals surface area contributed by atoms with Crippen molar-refractivity contribution in [3.8, 4) is 11.4 Å². The summed E-state index contributed by atoms with van der Waals surface area (Å²) < 4.78 is 6.47. The molecular formula is C8H4BrIN2O2. The van der Waals surface area contributed by atoms with E-state index in [4.69, 9.17) is 0 Å². The van der Waals surface area contributed by atoms with Crippen molar-refractivity contribution in [3.63, 3.8) is 0 Å². The predicted molar refractivity (Wildman–Crippen MR) is 63.0 cm³/mol. The fraction of sp³-hybridized carbons (Fsp3) is 0. The fourth-order valence-corrected chi connectivity index (χ4v) is 1.76. The number of H-pyrrole nitrogens is 1. The Labute approximate surface area is 101 Å². The van der Waals surface area contributed by atoms with Crippen molar-refractivity contribution in [1.29, 1.82) is 0 Å². The van der Waals surface area contributed by atoms with Crippen LogP contribution in [-0.4, -0.2) is 10.1 Å². The molecule has 1 aromatic carbocycles. The predicted octanol–water partition coefficient (Wildman–Crippen LogP) is 2.40. The fourth-order valence-electron chi connectivity index (χ4n) is 0.998. The molecule has 1 heterocycles. The summed E-state index contributed by atoms with van der Waals surface area (Å²) in [4.78, 5) is 13.2. The van der Waals surface area contributed by atoms with Crippen molar-refractivity contribution in [1.82, 2.24) is 10.1 Å². The highest BCUT2D eigenvalue weighted by Gasteiger charge is 2.05. The van der Waals surface area contributed by atoms with E-state index in [0.717, 1.165) is 13.6 Å². The van der Waals surface area contributed by atoms with Crippen molar-refractivity contribution in [3.05, 3.63) is 36.8 Å². The molecule has 0 atom stereocenters. The van der Waals surface area contributed by atoms with Crippen LogP contribution in [0.5, 0.6) is 0 Å². The highest BCUT2D eigenvalue weighted by molar-refractivity contribution is 14.1. The minimum absolute atomic E-state index is 0.445. The Bertz CT molecular complexity index is 520. The van der Waals surface area contributed by atoms with E-state index in [1.807, 2.05) is 18.2 Å². The van der Waals surface area contributed by atoms with E-state index in [1.165, 1.54) is 0 Å². The van der Waals surface area contributed by atoms with Gasteiger partial charge in [-0.25, -0.2) is 4.79 Å². The van der Waals surface area contributed by atoms with Gasteiger partial charge in [-0.2, -0.15) is 0 Å². The number of hydrogen-bond donors (Lipinski definition) is 1. The normalized spacial score (nSPS) is 10.4. The average Bonchev–Trinajstić information content (AvgIpc) is 2.57. The molecule has 0 aliphatic carbocycles. The summed E-state index contributed by atoms with van der Waals surface area (Å²) in [5.41, 5.74) is 0.823. The minimum atomic E-state index is -0.544. The van der Waals surface area contributed by atoms with Crippen molar-refractivity contribution >= 4 is 38.5 Å². The van der Waals surface area contributed by atoms with Crippen molar-refractivity contribution in [2.75, 3.05) is 0 Å². The third kappa shape index (κ3) is 1.90. The van der Waals surface area contributed by atoms with E-state index >= 15 is 0 Å². The van der Waals surface area contributed by atoms with Gasteiger partial charge >= 0.3 is 5.76 Å². The van der Waals surface area contributed by atoms with Gasteiger partial charge < -0.3 is 0 Å². The maximum absolute atomic E-state index is 10.7. The first-order valence-electron chi connectivity index (χ1n) is 3.68. The molecule has 0 fully saturated rings. The van der Waals surface area contributed by atoms with Crippen molar-refractivity contribution in [2.45, 2.75) is 0 Å². The zero-order valence-electron chi connectivity index (χ0n) is 6.75. The lowest BCUT2D eigenvalue weighted by Crippen LogP contribution is -1.94. The Balaban J connectivity index is 2.52. The lowest BCUT2D eigenvalue weighted by atomic mass is 10.2. The highest BCUT2D eigenvalue weighted by atomic mass is 127.